The molecule has 0 unspecified atom stereocenters. The van der Waals surface area contributed by atoms with Crippen LogP contribution in [0.5, 0.6) is 0 Å². The third-order valence-corrected chi connectivity index (χ3v) is 2.32. The van der Waals surface area contributed by atoms with Gasteiger partial charge < -0.3 is 4.57 Å². The van der Waals surface area contributed by atoms with Gasteiger partial charge in [0.15, 0.2) is 0 Å². The molecule has 2 heterocycles. The van der Waals surface area contributed by atoms with Crippen LogP contribution in [0.3, 0.4) is 0 Å². The third kappa shape index (κ3) is 0.763. The molecule has 1 fully saturated rings. The largest absolute Gasteiger partial charge is 0.327 e. The quantitative estimate of drug-likeness (QED) is 0.634. The Labute approximate surface area is 70.1 Å². The summed E-state index contributed by atoms with van der Waals surface area (Å²) in [6.45, 7) is 0. The summed E-state index contributed by atoms with van der Waals surface area (Å²) >= 11 is 0. The van der Waals surface area contributed by atoms with Crippen LogP contribution in [0.1, 0.15) is 18.9 Å². The molecule has 0 saturated heterocycles. The van der Waals surface area contributed by atoms with Gasteiger partial charge in [-0.25, -0.2) is 4.98 Å². The Morgan fingerprint density at radius 3 is 3.17 bits per heavy atom. The minimum atomic E-state index is 0.706. The predicted octanol–water partition coefficient (Wildman–Crippen LogP) is 1.77. The van der Waals surface area contributed by atoms with E-state index >= 15 is 0 Å². The van der Waals surface area contributed by atoms with E-state index in [9.17, 15) is 0 Å². The van der Waals surface area contributed by atoms with Crippen LogP contribution in [0.15, 0.2) is 24.8 Å². The minimum absolute atomic E-state index is 0.706. The number of rotatable bonds is 1. The summed E-state index contributed by atoms with van der Waals surface area (Å²) in [4.78, 5) is 8.31. The summed E-state index contributed by atoms with van der Waals surface area (Å²) in [6, 6.07) is 2.73. The molecule has 3 heteroatoms. The first-order valence-electron chi connectivity index (χ1n) is 4.22. The van der Waals surface area contributed by atoms with Crippen LogP contribution >= 0.6 is 0 Å². The molecular weight excluding hydrogens is 150 g/mol. The number of pyridine rings is 1. The molecule has 0 radical (unpaired) electrons. The lowest BCUT2D eigenvalue weighted by Gasteiger charge is -1.98. The Hall–Kier alpha value is -1.38. The second kappa shape index (κ2) is 2.06. The molecule has 0 aromatic carbocycles. The average Bonchev–Trinajstić information content (AvgIpc) is 2.86. The lowest BCUT2D eigenvalue weighted by atomic mass is 10.4. The Kier molecular flexibility index (Phi) is 1.06. The van der Waals surface area contributed by atoms with Crippen LogP contribution in [0.2, 0.25) is 0 Å². The fourth-order valence-electron chi connectivity index (χ4n) is 1.53. The first-order chi connectivity index (χ1) is 5.95. The van der Waals surface area contributed by atoms with Crippen molar-refractivity contribution >= 4 is 11.0 Å². The van der Waals surface area contributed by atoms with Gasteiger partial charge in [-0.3, -0.25) is 4.98 Å². The van der Waals surface area contributed by atoms with E-state index in [0.29, 0.717) is 6.04 Å². The molecule has 0 spiro atoms. The summed E-state index contributed by atoms with van der Waals surface area (Å²) < 4.78 is 2.25. The highest BCUT2D eigenvalue weighted by molar-refractivity contribution is 5.73. The first-order valence-corrected chi connectivity index (χ1v) is 4.22. The van der Waals surface area contributed by atoms with E-state index in [-0.39, 0.29) is 0 Å². The zero-order valence-corrected chi connectivity index (χ0v) is 6.64. The van der Waals surface area contributed by atoms with E-state index in [1.54, 1.807) is 0 Å². The molecule has 0 aliphatic heterocycles. The fraction of sp³-hybridized carbons (Fsp3) is 0.333. The van der Waals surface area contributed by atoms with Crippen molar-refractivity contribution in [3.8, 4) is 0 Å². The lowest BCUT2D eigenvalue weighted by Crippen LogP contribution is -1.89. The smallest absolute Gasteiger partial charge is 0.107 e. The van der Waals surface area contributed by atoms with Crippen molar-refractivity contribution in [2.24, 2.45) is 0 Å². The SMILES string of the molecule is c1cc2c(cn1)ncn2C1CC1. The van der Waals surface area contributed by atoms with Crippen LogP contribution in [0.4, 0.5) is 0 Å². The van der Waals surface area contributed by atoms with E-state index in [2.05, 4.69) is 14.5 Å². The Bertz CT molecular complexity index is 414. The number of hydrogen-bond acceptors (Lipinski definition) is 2. The van der Waals surface area contributed by atoms with Gasteiger partial charge in [0.1, 0.15) is 5.52 Å². The molecule has 0 amide bonds. The molecule has 0 atom stereocenters. The van der Waals surface area contributed by atoms with E-state index in [1.165, 1.54) is 18.4 Å². The van der Waals surface area contributed by atoms with Crippen molar-refractivity contribution < 1.29 is 0 Å². The molecule has 1 aliphatic rings. The molecular formula is C9H9N3. The van der Waals surface area contributed by atoms with Crippen LogP contribution in [-0.2, 0) is 0 Å². The highest BCUT2D eigenvalue weighted by Crippen LogP contribution is 2.36. The lowest BCUT2D eigenvalue weighted by molar-refractivity contribution is 0.766. The normalized spacial score (nSPS) is 17.0. The predicted molar refractivity (Wildman–Crippen MR) is 45.8 cm³/mol. The van der Waals surface area contributed by atoms with Crippen LogP contribution in [-0.4, -0.2) is 14.5 Å². The van der Waals surface area contributed by atoms with Crippen molar-refractivity contribution in [3.63, 3.8) is 0 Å². The monoisotopic (exact) mass is 159 g/mol. The van der Waals surface area contributed by atoms with Crippen molar-refractivity contribution in [3.05, 3.63) is 24.8 Å². The van der Waals surface area contributed by atoms with Gasteiger partial charge in [0.2, 0.25) is 0 Å². The van der Waals surface area contributed by atoms with E-state index in [0.717, 1.165) is 5.52 Å². The molecule has 60 valence electrons. The summed E-state index contributed by atoms with van der Waals surface area (Å²) in [5, 5.41) is 0. The molecule has 3 nitrogen and oxygen atoms in total. The van der Waals surface area contributed by atoms with Crippen molar-refractivity contribution in [2.75, 3.05) is 0 Å². The van der Waals surface area contributed by atoms with Gasteiger partial charge in [0.05, 0.1) is 18.0 Å². The highest BCUT2D eigenvalue weighted by atomic mass is 15.1. The maximum Gasteiger partial charge on any atom is 0.107 e. The van der Waals surface area contributed by atoms with Gasteiger partial charge in [-0.05, 0) is 18.9 Å². The van der Waals surface area contributed by atoms with Gasteiger partial charge in [0.25, 0.3) is 0 Å². The number of nitrogens with zero attached hydrogens (tertiary/aromatic N) is 3. The van der Waals surface area contributed by atoms with Crippen molar-refractivity contribution in [1.82, 2.24) is 14.5 Å². The zero-order chi connectivity index (χ0) is 7.97. The third-order valence-electron chi connectivity index (χ3n) is 2.32. The van der Waals surface area contributed by atoms with Gasteiger partial charge in [-0.15, -0.1) is 0 Å². The maximum absolute atomic E-state index is 4.28. The first kappa shape index (κ1) is 6.17. The summed E-state index contributed by atoms with van der Waals surface area (Å²) in [7, 11) is 0. The molecule has 2 aromatic rings. The van der Waals surface area contributed by atoms with Gasteiger partial charge >= 0.3 is 0 Å². The second-order valence-electron chi connectivity index (χ2n) is 3.25. The van der Waals surface area contributed by atoms with Gasteiger partial charge in [-0.1, -0.05) is 0 Å². The van der Waals surface area contributed by atoms with E-state index in [1.807, 2.05) is 24.8 Å². The fourth-order valence-corrected chi connectivity index (χ4v) is 1.53. The van der Waals surface area contributed by atoms with Crippen molar-refractivity contribution in [2.45, 2.75) is 18.9 Å². The summed E-state index contributed by atoms with van der Waals surface area (Å²) in [5.41, 5.74) is 2.22. The highest BCUT2D eigenvalue weighted by Gasteiger charge is 2.24. The van der Waals surface area contributed by atoms with E-state index in [4.69, 9.17) is 0 Å². The number of fused-ring (bicyclic) bond motifs is 1. The molecule has 0 N–H and O–H groups in total. The number of imidazole rings is 1. The van der Waals surface area contributed by atoms with E-state index < -0.39 is 0 Å². The van der Waals surface area contributed by atoms with Crippen molar-refractivity contribution in [1.29, 1.82) is 0 Å². The van der Waals surface area contributed by atoms with Crippen LogP contribution < -0.4 is 0 Å². The summed E-state index contributed by atoms with van der Waals surface area (Å²) in [6.07, 6.45) is 8.16. The maximum atomic E-state index is 4.28. The van der Waals surface area contributed by atoms with Gasteiger partial charge in [-0.2, -0.15) is 0 Å². The van der Waals surface area contributed by atoms with Crippen LogP contribution in [0, 0.1) is 0 Å². The molecule has 0 bridgehead atoms. The average molecular weight is 159 g/mol. The minimum Gasteiger partial charge on any atom is -0.327 e. The van der Waals surface area contributed by atoms with Crippen LogP contribution in [0.25, 0.3) is 11.0 Å². The molecule has 1 saturated carbocycles. The molecule has 3 rings (SSSR count). The molecule has 12 heavy (non-hydrogen) atoms. The molecule has 2 aromatic heterocycles. The zero-order valence-electron chi connectivity index (χ0n) is 6.64. The number of hydrogen-bond donors (Lipinski definition) is 0. The van der Waals surface area contributed by atoms with Gasteiger partial charge in [0, 0.05) is 12.2 Å². The Morgan fingerprint density at radius 2 is 2.33 bits per heavy atom. The standard InChI is InChI=1S/C9H9N3/c1-2-7(1)12-6-11-8-5-10-4-3-9(8)12/h3-7H,1-2H2. The summed E-state index contributed by atoms with van der Waals surface area (Å²) in [5.74, 6) is 0. The second-order valence-corrected chi connectivity index (χ2v) is 3.25. The Morgan fingerprint density at radius 1 is 1.42 bits per heavy atom. The number of aromatic nitrogens is 3. The Balaban J connectivity index is 2.30. The topological polar surface area (TPSA) is 30.7 Å². The molecule has 1 aliphatic carbocycles.